The number of amides is 1. The van der Waals surface area contributed by atoms with E-state index in [2.05, 4.69) is 30.4 Å². The maximum Gasteiger partial charge on any atom is 0.264 e. The number of ether oxygens (including phenoxy) is 2. The van der Waals surface area contributed by atoms with E-state index in [1.54, 1.807) is 42.1 Å². The van der Waals surface area contributed by atoms with Crippen LogP contribution in [0.1, 0.15) is 16.7 Å². The van der Waals surface area contributed by atoms with Crippen LogP contribution < -0.4 is 19.1 Å². The van der Waals surface area contributed by atoms with Crippen LogP contribution in [0.3, 0.4) is 0 Å². The van der Waals surface area contributed by atoms with Crippen molar-refractivity contribution < 1.29 is 22.7 Å². The molecular weight excluding hydrogens is 496 g/mol. The largest absolute Gasteiger partial charge is 0.497 e. The molecule has 0 fully saturated rings. The Morgan fingerprint density at radius 3 is 2.36 bits per heavy atom. The third kappa shape index (κ3) is 7.18. The zero-order valence-corrected chi connectivity index (χ0v) is 22.6. The van der Waals surface area contributed by atoms with E-state index in [1.807, 2.05) is 13.0 Å². The Labute approximate surface area is 217 Å². The molecule has 0 saturated carbocycles. The van der Waals surface area contributed by atoms with Gasteiger partial charge in [-0.15, -0.1) is 0 Å². The van der Waals surface area contributed by atoms with E-state index in [1.165, 1.54) is 37.5 Å². The molecule has 0 saturated heterocycles. The molecule has 0 unspecified atom stereocenters. The number of hydrogen-bond acceptors (Lipinski definition) is 6. The number of nitrogens with one attached hydrogen (secondary N) is 1. The molecule has 1 amide bonds. The Bertz CT molecular complexity index is 1280. The average Bonchev–Trinajstić information content (AvgIpc) is 2.87. The molecule has 0 aliphatic rings. The fourth-order valence-corrected chi connectivity index (χ4v) is 5.81. The summed E-state index contributed by atoms with van der Waals surface area (Å²) in [4.78, 5) is 13.0. The minimum atomic E-state index is -4.05. The van der Waals surface area contributed by atoms with Gasteiger partial charge in [-0.05, 0) is 43.7 Å². The number of carbonyl (C=O) groups excluding carboxylic acids is 1. The van der Waals surface area contributed by atoms with Crippen LogP contribution in [0.4, 0.5) is 5.69 Å². The molecule has 7 nitrogen and oxygen atoms in total. The Kier molecular flexibility index (Phi) is 9.66. The number of sulfonamides is 1. The van der Waals surface area contributed by atoms with Gasteiger partial charge >= 0.3 is 0 Å². The van der Waals surface area contributed by atoms with Crippen LogP contribution in [-0.2, 0) is 20.6 Å². The molecule has 192 valence electrons. The van der Waals surface area contributed by atoms with Gasteiger partial charge in [0.05, 0.1) is 24.8 Å². The lowest BCUT2D eigenvalue weighted by atomic mass is 10.2. The first-order chi connectivity index (χ1) is 17.2. The van der Waals surface area contributed by atoms with Crippen molar-refractivity contribution in [3.8, 4) is 11.5 Å². The van der Waals surface area contributed by atoms with E-state index >= 15 is 0 Å². The van der Waals surface area contributed by atoms with Crippen molar-refractivity contribution in [2.24, 2.45) is 0 Å². The van der Waals surface area contributed by atoms with Gasteiger partial charge in [0.15, 0.2) is 0 Å². The molecule has 0 aliphatic carbocycles. The molecule has 3 aromatic carbocycles. The smallest absolute Gasteiger partial charge is 0.264 e. The predicted octanol–water partition coefficient (Wildman–Crippen LogP) is 4.57. The van der Waals surface area contributed by atoms with Crippen molar-refractivity contribution in [3.05, 3.63) is 83.4 Å². The molecule has 1 N–H and O–H groups in total. The molecule has 3 rings (SSSR count). The van der Waals surface area contributed by atoms with Crippen molar-refractivity contribution in [2.75, 3.05) is 37.4 Å². The van der Waals surface area contributed by atoms with Gasteiger partial charge in [-0.1, -0.05) is 47.5 Å². The zero-order valence-electron chi connectivity index (χ0n) is 21.0. The Morgan fingerprint density at radius 2 is 1.69 bits per heavy atom. The lowest BCUT2D eigenvalue weighted by Gasteiger charge is -2.26. The number of hydrogen-bond donors (Lipinski definition) is 1. The molecule has 36 heavy (non-hydrogen) atoms. The first-order valence-electron chi connectivity index (χ1n) is 11.5. The fraction of sp³-hybridized carbons (Fsp3) is 0.296. The van der Waals surface area contributed by atoms with E-state index in [0.29, 0.717) is 18.0 Å². The zero-order chi connectivity index (χ0) is 26.1. The van der Waals surface area contributed by atoms with Gasteiger partial charge in [0.1, 0.15) is 18.0 Å². The lowest BCUT2D eigenvalue weighted by Crippen LogP contribution is -2.41. The number of nitrogens with zero attached hydrogens (tertiary/aromatic N) is 1. The second kappa shape index (κ2) is 12.7. The second-order valence-electron chi connectivity index (χ2n) is 8.25. The standard InChI is InChI=1S/C27H32N2O5S2/c1-20-8-11-24(12-9-20)36(31,32)29(25-13-10-23(33-3)17-26(25)34-4)18-27(30)28-14-15-35-19-22-7-5-6-21(2)16-22/h5-13,16-17H,14-15,18-19H2,1-4H3,(H,28,30). The molecule has 0 radical (unpaired) electrons. The summed E-state index contributed by atoms with van der Waals surface area (Å²) in [5, 5.41) is 2.84. The summed E-state index contributed by atoms with van der Waals surface area (Å²) in [6, 6.07) is 19.6. The highest BCUT2D eigenvalue weighted by Crippen LogP contribution is 2.35. The summed E-state index contributed by atoms with van der Waals surface area (Å²) in [7, 11) is -1.09. The number of thioether (sulfide) groups is 1. The molecular formula is C27H32N2O5S2. The molecule has 0 spiro atoms. The lowest BCUT2D eigenvalue weighted by molar-refractivity contribution is -0.119. The minimum Gasteiger partial charge on any atom is -0.497 e. The maximum absolute atomic E-state index is 13.6. The van der Waals surface area contributed by atoms with Gasteiger partial charge in [0.25, 0.3) is 10.0 Å². The summed E-state index contributed by atoms with van der Waals surface area (Å²) in [5.41, 5.74) is 3.63. The third-order valence-electron chi connectivity index (χ3n) is 5.47. The van der Waals surface area contributed by atoms with Crippen LogP contribution in [0.15, 0.2) is 71.6 Å². The highest BCUT2D eigenvalue weighted by atomic mass is 32.2. The van der Waals surface area contributed by atoms with Gasteiger partial charge in [0.2, 0.25) is 5.91 Å². The van der Waals surface area contributed by atoms with Crippen LogP contribution in [0, 0.1) is 13.8 Å². The van der Waals surface area contributed by atoms with E-state index in [-0.39, 0.29) is 22.9 Å². The first kappa shape index (κ1) is 27.4. The minimum absolute atomic E-state index is 0.0903. The quantitative estimate of drug-likeness (QED) is 0.347. The highest BCUT2D eigenvalue weighted by molar-refractivity contribution is 7.98. The predicted molar refractivity (Wildman–Crippen MR) is 146 cm³/mol. The van der Waals surface area contributed by atoms with Crippen molar-refractivity contribution in [2.45, 2.75) is 24.5 Å². The van der Waals surface area contributed by atoms with E-state index in [9.17, 15) is 13.2 Å². The average molecular weight is 529 g/mol. The molecule has 9 heteroatoms. The fourth-order valence-electron chi connectivity index (χ4n) is 3.57. The van der Waals surface area contributed by atoms with E-state index in [0.717, 1.165) is 15.6 Å². The van der Waals surface area contributed by atoms with Crippen LogP contribution in [0.5, 0.6) is 11.5 Å². The van der Waals surface area contributed by atoms with Crippen molar-refractivity contribution in [1.82, 2.24) is 5.32 Å². The highest BCUT2D eigenvalue weighted by Gasteiger charge is 2.29. The van der Waals surface area contributed by atoms with Crippen molar-refractivity contribution >= 4 is 33.4 Å². The van der Waals surface area contributed by atoms with Gasteiger partial charge in [-0.2, -0.15) is 11.8 Å². The summed E-state index contributed by atoms with van der Waals surface area (Å²) in [6.45, 7) is 3.97. The summed E-state index contributed by atoms with van der Waals surface area (Å²) >= 11 is 1.71. The van der Waals surface area contributed by atoms with Crippen LogP contribution in [0.25, 0.3) is 0 Å². The molecule has 0 bridgehead atoms. The summed E-state index contributed by atoms with van der Waals surface area (Å²) in [5.74, 6) is 1.94. The summed E-state index contributed by atoms with van der Waals surface area (Å²) < 4.78 is 39.0. The number of benzene rings is 3. The monoisotopic (exact) mass is 528 g/mol. The maximum atomic E-state index is 13.6. The van der Waals surface area contributed by atoms with Gasteiger partial charge in [-0.3, -0.25) is 9.10 Å². The van der Waals surface area contributed by atoms with Crippen molar-refractivity contribution in [3.63, 3.8) is 0 Å². The number of methoxy groups -OCH3 is 2. The van der Waals surface area contributed by atoms with Crippen LogP contribution in [0.2, 0.25) is 0 Å². The number of anilines is 1. The molecule has 0 aromatic heterocycles. The number of aryl methyl sites for hydroxylation is 2. The van der Waals surface area contributed by atoms with E-state index in [4.69, 9.17) is 9.47 Å². The van der Waals surface area contributed by atoms with Crippen molar-refractivity contribution in [1.29, 1.82) is 0 Å². The van der Waals surface area contributed by atoms with E-state index < -0.39 is 15.9 Å². The van der Waals surface area contributed by atoms with Crippen LogP contribution in [-0.4, -0.2) is 47.4 Å². The Balaban J connectivity index is 1.74. The summed E-state index contributed by atoms with van der Waals surface area (Å²) in [6.07, 6.45) is 0. The second-order valence-corrected chi connectivity index (χ2v) is 11.2. The molecule has 3 aromatic rings. The SMILES string of the molecule is COc1ccc(N(CC(=O)NCCSCc2cccc(C)c2)S(=O)(=O)c2ccc(C)cc2)c(OC)c1. The Hall–Kier alpha value is -3.17. The first-order valence-corrected chi connectivity index (χ1v) is 14.1. The Morgan fingerprint density at radius 1 is 0.944 bits per heavy atom. The number of rotatable bonds is 12. The van der Waals surface area contributed by atoms with Gasteiger partial charge in [0, 0.05) is 24.1 Å². The molecule has 0 atom stereocenters. The topological polar surface area (TPSA) is 84.9 Å². The molecule has 0 aliphatic heterocycles. The third-order valence-corrected chi connectivity index (χ3v) is 8.28. The molecule has 0 heterocycles. The van der Waals surface area contributed by atoms with Gasteiger partial charge < -0.3 is 14.8 Å². The number of carbonyl (C=O) groups is 1. The normalized spacial score (nSPS) is 11.1. The van der Waals surface area contributed by atoms with Crippen LogP contribution >= 0.6 is 11.8 Å². The van der Waals surface area contributed by atoms with Gasteiger partial charge in [-0.25, -0.2) is 8.42 Å².